The third-order valence-corrected chi connectivity index (χ3v) is 8.07. The molecular weight excluding hydrogens is 443 g/mol. The van der Waals surface area contributed by atoms with E-state index in [4.69, 9.17) is 0 Å². The minimum atomic E-state index is -3.61. The van der Waals surface area contributed by atoms with Crippen molar-refractivity contribution < 1.29 is 12.8 Å². The van der Waals surface area contributed by atoms with Crippen molar-refractivity contribution in [1.82, 2.24) is 25.1 Å². The normalized spacial score (nSPS) is 21.8. The molecule has 8 nitrogen and oxygen atoms in total. The number of sulfonamides is 1. The van der Waals surface area contributed by atoms with Crippen molar-refractivity contribution in [2.75, 3.05) is 5.32 Å². The second kappa shape index (κ2) is 7.88. The number of benzene rings is 1. The van der Waals surface area contributed by atoms with Crippen LogP contribution in [0.3, 0.4) is 0 Å². The number of anilines is 2. The van der Waals surface area contributed by atoms with Gasteiger partial charge in [-0.25, -0.2) is 17.5 Å². The molecular formula is C23H27FN6O2S. The average molecular weight is 471 g/mol. The van der Waals surface area contributed by atoms with Gasteiger partial charge in [0.2, 0.25) is 10.0 Å². The lowest BCUT2D eigenvalue weighted by molar-refractivity contribution is 0.575. The van der Waals surface area contributed by atoms with Crippen LogP contribution < -0.4 is 10.0 Å². The number of nitrogens with one attached hydrogen (secondary N) is 3. The molecule has 2 atom stereocenters. The predicted molar refractivity (Wildman–Crippen MR) is 122 cm³/mol. The van der Waals surface area contributed by atoms with E-state index in [2.05, 4.69) is 57.3 Å². The Balaban J connectivity index is 1.30. The molecule has 10 heteroatoms. The first-order valence-corrected chi connectivity index (χ1v) is 12.6. The van der Waals surface area contributed by atoms with Gasteiger partial charge in [0, 0.05) is 30.1 Å². The van der Waals surface area contributed by atoms with Gasteiger partial charge in [-0.2, -0.15) is 15.3 Å². The highest BCUT2D eigenvalue weighted by Crippen LogP contribution is 2.43. The number of hydrogen-bond acceptors (Lipinski definition) is 6. The van der Waals surface area contributed by atoms with Crippen molar-refractivity contribution in [1.29, 1.82) is 0 Å². The number of rotatable bonds is 4. The number of H-pyrrole nitrogens is 1. The summed E-state index contributed by atoms with van der Waals surface area (Å²) in [5, 5.41) is 19.0. The smallest absolute Gasteiger partial charge is 0.241 e. The molecule has 2 aromatic heterocycles. The SMILES string of the molecule is CC(C)(C)c1cnnc(C2CCC(c3cc(Nc4cc5c(cc4F)S(=O)(=O)NC5)n[nH]3)C2)c1. The number of aromatic amines is 1. The minimum Gasteiger partial charge on any atom is -0.336 e. The number of nitrogens with zero attached hydrogens (tertiary/aromatic N) is 3. The van der Waals surface area contributed by atoms with Gasteiger partial charge in [-0.15, -0.1) is 0 Å². The van der Waals surface area contributed by atoms with Crippen LogP contribution in [-0.4, -0.2) is 28.8 Å². The standard InChI is InChI=1S/C23H27FN6O2S/c1-23(2,3)16-8-18(28-25-12-16)13-4-5-14(6-13)19-10-22(30-29-19)27-20-7-15-11-26-33(31,32)21(15)9-17(20)24/h7-10,12-14,26H,4-6,11H2,1-3H3,(H2,27,29,30). The van der Waals surface area contributed by atoms with E-state index in [1.807, 2.05) is 12.3 Å². The summed E-state index contributed by atoms with van der Waals surface area (Å²) in [5.41, 5.74) is 3.97. The number of halogens is 1. The van der Waals surface area contributed by atoms with Gasteiger partial charge in [-0.05, 0) is 54.0 Å². The molecule has 0 amide bonds. The highest BCUT2D eigenvalue weighted by molar-refractivity contribution is 7.89. The van der Waals surface area contributed by atoms with Gasteiger partial charge in [-0.3, -0.25) is 5.10 Å². The molecule has 0 radical (unpaired) electrons. The zero-order chi connectivity index (χ0) is 23.4. The fraction of sp³-hybridized carbons (Fsp3) is 0.435. The van der Waals surface area contributed by atoms with Gasteiger partial charge in [0.25, 0.3) is 0 Å². The van der Waals surface area contributed by atoms with E-state index in [1.165, 1.54) is 11.6 Å². The third-order valence-electron chi connectivity index (χ3n) is 6.58. The van der Waals surface area contributed by atoms with E-state index in [1.54, 1.807) is 0 Å². The predicted octanol–water partition coefficient (Wildman–Crippen LogP) is 4.22. The van der Waals surface area contributed by atoms with Gasteiger partial charge < -0.3 is 5.32 Å². The Morgan fingerprint density at radius 3 is 2.70 bits per heavy atom. The largest absolute Gasteiger partial charge is 0.336 e. The second-order valence-electron chi connectivity index (χ2n) is 9.92. The van der Waals surface area contributed by atoms with Crippen molar-refractivity contribution in [3.8, 4) is 0 Å². The molecule has 2 unspecified atom stereocenters. The Labute approximate surface area is 192 Å². The van der Waals surface area contributed by atoms with Gasteiger partial charge in [-0.1, -0.05) is 20.8 Å². The first kappa shape index (κ1) is 22.0. The second-order valence-corrected chi connectivity index (χ2v) is 11.7. The fourth-order valence-corrected chi connectivity index (χ4v) is 5.84. The lowest BCUT2D eigenvalue weighted by atomic mass is 9.87. The highest BCUT2D eigenvalue weighted by atomic mass is 32.2. The summed E-state index contributed by atoms with van der Waals surface area (Å²) in [6.45, 7) is 6.66. The van der Waals surface area contributed by atoms with E-state index in [-0.39, 0.29) is 22.5 Å². The van der Waals surface area contributed by atoms with E-state index < -0.39 is 15.8 Å². The Morgan fingerprint density at radius 1 is 1.12 bits per heavy atom. The molecule has 33 heavy (non-hydrogen) atoms. The molecule has 1 fully saturated rings. The van der Waals surface area contributed by atoms with E-state index in [0.29, 0.717) is 23.2 Å². The van der Waals surface area contributed by atoms with Crippen LogP contribution >= 0.6 is 0 Å². The molecule has 5 rings (SSSR count). The Hall–Kier alpha value is -2.85. The van der Waals surface area contributed by atoms with Crippen LogP contribution in [0, 0.1) is 5.82 Å². The van der Waals surface area contributed by atoms with E-state index >= 15 is 0 Å². The Morgan fingerprint density at radius 2 is 1.91 bits per heavy atom. The first-order valence-electron chi connectivity index (χ1n) is 11.1. The molecule has 3 N–H and O–H groups in total. The van der Waals surface area contributed by atoms with Crippen LogP contribution in [-0.2, 0) is 22.0 Å². The third kappa shape index (κ3) is 4.24. The maximum Gasteiger partial charge on any atom is 0.241 e. The van der Waals surface area contributed by atoms with Crippen molar-refractivity contribution in [3.05, 3.63) is 58.8 Å². The summed E-state index contributed by atoms with van der Waals surface area (Å²) < 4.78 is 40.7. The molecule has 0 saturated heterocycles. The molecule has 0 bridgehead atoms. The van der Waals surface area contributed by atoms with Crippen molar-refractivity contribution in [2.24, 2.45) is 0 Å². The molecule has 1 aromatic carbocycles. The number of fused-ring (bicyclic) bond motifs is 1. The first-order chi connectivity index (χ1) is 15.6. The maximum absolute atomic E-state index is 14.5. The summed E-state index contributed by atoms with van der Waals surface area (Å²) in [6.07, 6.45) is 4.81. The lowest BCUT2D eigenvalue weighted by Gasteiger charge is -2.19. The maximum atomic E-state index is 14.5. The zero-order valence-electron chi connectivity index (χ0n) is 18.8. The fourth-order valence-electron chi connectivity index (χ4n) is 4.61. The summed E-state index contributed by atoms with van der Waals surface area (Å²) in [5.74, 6) is 0.505. The van der Waals surface area contributed by atoms with Crippen LogP contribution in [0.25, 0.3) is 0 Å². The van der Waals surface area contributed by atoms with Crippen LogP contribution in [0.2, 0.25) is 0 Å². The minimum absolute atomic E-state index is 0.0103. The summed E-state index contributed by atoms with van der Waals surface area (Å²) in [7, 11) is -3.61. The van der Waals surface area contributed by atoms with Gasteiger partial charge in [0.1, 0.15) is 5.82 Å². The van der Waals surface area contributed by atoms with Crippen LogP contribution in [0.15, 0.2) is 35.4 Å². The quantitative estimate of drug-likeness (QED) is 0.526. The van der Waals surface area contributed by atoms with Crippen molar-refractivity contribution >= 4 is 21.5 Å². The number of hydrogen-bond donors (Lipinski definition) is 3. The van der Waals surface area contributed by atoms with Crippen LogP contribution in [0.1, 0.15) is 74.4 Å². The molecule has 174 valence electrons. The van der Waals surface area contributed by atoms with Crippen LogP contribution in [0.5, 0.6) is 0 Å². The number of aromatic nitrogens is 4. The molecule has 1 aliphatic carbocycles. The zero-order valence-corrected chi connectivity index (χ0v) is 19.6. The van der Waals surface area contributed by atoms with E-state index in [9.17, 15) is 12.8 Å². The summed E-state index contributed by atoms with van der Waals surface area (Å²) in [6, 6.07) is 6.63. The molecule has 3 aromatic rings. The monoisotopic (exact) mass is 470 g/mol. The van der Waals surface area contributed by atoms with Crippen molar-refractivity contribution in [2.45, 2.75) is 68.7 Å². The molecule has 0 spiro atoms. The summed E-state index contributed by atoms with van der Waals surface area (Å²) >= 11 is 0. The van der Waals surface area contributed by atoms with E-state index in [0.717, 1.165) is 36.7 Å². The van der Waals surface area contributed by atoms with Gasteiger partial charge in [0.15, 0.2) is 5.82 Å². The Kier molecular flexibility index (Phi) is 5.24. The Bertz CT molecular complexity index is 1310. The molecule has 1 aliphatic heterocycles. The van der Waals surface area contributed by atoms with Gasteiger partial charge in [0.05, 0.1) is 22.5 Å². The van der Waals surface area contributed by atoms with Gasteiger partial charge >= 0.3 is 0 Å². The molecule has 1 saturated carbocycles. The summed E-state index contributed by atoms with van der Waals surface area (Å²) in [4.78, 5) is -0.0103. The molecule has 2 aliphatic rings. The molecule has 3 heterocycles. The lowest BCUT2D eigenvalue weighted by Crippen LogP contribution is -2.13. The topological polar surface area (TPSA) is 113 Å². The van der Waals surface area contributed by atoms with Crippen molar-refractivity contribution in [3.63, 3.8) is 0 Å². The van der Waals surface area contributed by atoms with Crippen LogP contribution in [0.4, 0.5) is 15.9 Å². The average Bonchev–Trinajstić information content (AvgIpc) is 3.48. The highest BCUT2D eigenvalue weighted by Gasteiger charge is 2.31.